The molecule has 0 unspecified atom stereocenters. The van der Waals surface area contributed by atoms with E-state index in [1.807, 2.05) is 54.6 Å². The lowest BCUT2D eigenvalue weighted by Crippen LogP contribution is -1.89. The predicted molar refractivity (Wildman–Crippen MR) is 96.0 cm³/mol. The average Bonchev–Trinajstić information content (AvgIpc) is 2.62. The SMILES string of the molecule is CCCc1ccc(-c2ccc(-c3cccc(C#N)c3)cc2)c(F)c1. The van der Waals surface area contributed by atoms with Crippen molar-refractivity contribution in [3.63, 3.8) is 0 Å². The second-order valence-corrected chi connectivity index (χ2v) is 5.83. The largest absolute Gasteiger partial charge is 0.206 e. The van der Waals surface area contributed by atoms with Crippen molar-refractivity contribution in [2.24, 2.45) is 0 Å². The van der Waals surface area contributed by atoms with Crippen LogP contribution in [0.1, 0.15) is 24.5 Å². The van der Waals surface area contributed by atoms with Crippen LogP contribution in [0.2, 0.25) is 0 Å². The van der Waals surface area contributed by atoms with E-state index in [0.29, 0.717) is 11.1 Å². The highest BCUT2D eigenvalue weighted by molar-refractivity contribution is 5.71. The van der Waals surface area contributed by atoms with Gasteiger partial charge in [-0.25, -0.2) is 4.39 Å². The monoisotopic (exact) mass is 315 g/mol. The summed E-state index contributed by atoms with van der Waals surface area (Å²) in [5.74, 6) is -0.180. The Balaban J connectivity index is 1.91. The third-order valence-electron chi connectivity index (χ3n) is 4.09. The third kappa shape index (κ3) is 3.36. The number of nitriles is 1. The molecule has 0 bridgehead atoms. The molecule has 118 valence electrons. The van der Waals surface area contributed by atoms with Crippen molar-refractivity contribution in [3.05, 3.63) is 83.7 Å². The summed E-state index contributed by atoms with van der Waals surface area (Å²) >= 11 is 0. The van der Waals surface area contributed by atoms with E-state index in [1.165, 1.54) is 0 Å². The molecule has 24 heavy (non-hydrogen) atoms. The maximum Gasteiger partial charge on any atom is 0.131 e. The Hall–Kier alpha value is -2.92. The summed E-state index contributed by atoms with van der Waals surface area (Å²) in [5, 5.41) is 9.00. The van der Waals surface area contributed by atoms with Crippen LogP contribution in [0.25, 0.3) is 22.3 Å². The molecule has 1 nitrogen and oxygen atoms in total. The molecule has 2 heteroatoms. The number of nitrogens with zero attached hydrogens (tertiary/aromatic N) is 1. The molecule has 3 rings (SSSR count). The Labute approximate surface area is 142 Å². The Bertz CT molecular complexity index is 889. The molecule has 0 saturated heterocycles. The molecule has 0 atom stereocenters. The van der Waals surface area contributed by atoms with E-state index in [1.54, 1.807) is 12.1 Å². The van der Waals surface area contributed by atoms with Crippen molar-refractivity contribution in [3.8, 4) is 28.3 Å². The fourth-order valence-corrected chi connectivity index (χ4v) is 2.85. The van der Waals surface area contributed by atoms with Crippen molar-refractivity contribution in [2.45, 2.75) is 19.8 Å². The molecule has 0 amide bonds. The zero-order valence-corrected chi connectivity index (χ0v) is 13.6. The number of hydrogen-bond donors (Lipinski definition) is 0. The second kappa shape index (κ2) is 7.10. The van der Waals surface area contributed by atoms with Crippen molar-refractivity contribution in [1.29, 1.82) is 5.26 Å². The van der Waals surface area contributed by atoms with E-state index < -0.39 is 0 Å². The molecule has 0 spiro atoms. The van der Waals surface area contributed by atoms with Crippen molar-refractivity contribution < 1.29 is 4.39 Å². The van der Waals surface area contributed by atoms with Crippen molar-refractivity contribution >= 4 is 0 Å². The Kier molecular flexibility index (Phi) is 4.72. The smallest absolute Gasteiger partial charge is 0.131 e. The molecule has 0 N–H and O–H groups in total. The molecule has 0 aliphatic heterocycles. The molecule has 0 radical (unpaired) electrons. The Morgan fingerprint density at radius 2 is 1.62 bits per heavy atom. The van der Waals surface area contributed by atoms with Crippen molar-refractivity contribution in [2.75, 3.05) is 0 Å². The third-order valence-corrected chi connectivity index (χ3v) is 4.09. The van der Waals surface area contributed by atoms with E-state index in [-0.39, 0.29) is 5.82 Å². The topological polar surface area (TPSA) is 23.8 Å². The van der Waals surface area contributed by atoms with Gasteiger partial charge in [0.05, 0.1) is 11.6 Å². The fourth-order valence-electron chi connectivity index (χ4n) is 2.85. The summed E-state index contributed by atoms with van der Waals surface area (Å²) in [6.07, 6.45) is 1.90. The highest BCUT2D eigenvalue weighted by Gasteiger charge is 2.07. The van der Waals surface area contributed by atoms with E-state index in [0.717, 1.165) is 35.1 Å². The summed E-state index contributed by atoms with van der Waals surface area (Å²) in [4.78, 5) is 0. The molecule has 3 aromatic rings. The van der Waals surface area contributed by atoms with Gasteiger partial charge >= 0.3 is 0 Å². The van der Waals surface area contributed by atoms with Gasteiger partial charge in [0.2, 0.25) is 0 Å². The van der Waals surface area contributed by atoms with Crippen LogP contribution in [0.4, 0.5) is 4.39 Å². The van der Waals surface area contributed by atoms with Gasteiger partial charge in [-0.2, -0.15) is 5.26 Å². The van der Waals surface area contributed by atoms with Crippen molar-refractivity contribution in [1.82, 2.24) is 0 Å². The molecule has 0 aromatic heterocycles. The minimum absolute atomic E-state index is 0.180. The van der Waals surface area contributed by atoms with Gasteiger partial charge in [-0.15, -0.1) is 0 Å². The standard InChI is InChI=1S/C22H18FN/c1-2-4-16-7-12-21(22(23)14-16)19-10-8-18(9-11-19)20-6-3-5-17(13-20)15-24/h3,5-14H,2,4H2,1H3. The van der Waals surface area contributed by atoms with Crippen LogP contribution >= 0.6 is 0 Å². The van der Waals surface area contributed by atoms with Gasteiger partial charge in [0, 0.05) is 5.56 Å². The average molecular weight is 315 g/mol. The first kappa shape index (κ1) is 16.0. The predicted octanol–water partition coefficient (Wildman–Crippen LogP) is 5.98. The molecular formula is C22H18FN. The minimum atomic E-state index is -0.180. The number of aryl methyl sites for hydroxylation is 1. The van der Waals surface area contributed by atoms with E-state index in [4.69, 9.17) is 5.26 Å². The van der Waals surface area contributed by atoms with Gasteiger partial charge in [0.25, 0.3) is 0 Å². The molecule has 0 heterocycles. The van der Waals surface area contributed by atoms with E-state index in [9.17, 15) is 4.39 Å². The van der Waals surface area contributed by atoms with Crippen LogP contribution in [-0.2, 0) is 6.42 Å². The van der Waals surface area contributed by atoms with Crippen LogP contribution in [-0.4, -0.2) is 0 Å². The lowest BCUT2D eigenvalue weighted by Gasteiger charge is -2.08. The van der Waals surface area contributed by atoms with Crippen LogP contribution in [0, 0.1) is 17.1 Å². The Morgan fingerprint density at radius 3 is 2.29 bits per heavy atom. The maximum atomic E-state index is 14.3. The minimum Gasteiger partial charge on any atom is -0.206 e. The molecular weight excluding hydrogens is 297 g/mol. The van der Waals surface area contributed by atoms with E-state index in [2.05, 4.69) is 13.0 Å². The molecule has 3 aromatic carbocycles. The lowest BCUT2D eigenvalue weighted by molar-refractivity contribution is 0.628. The summed E-state index contributed by atoms with van der Waals surface area (Å²) < 4.78 is 14.3. The van der Waals surface area contributed by atoms with E-state index >= 15 is 0 Å². The van der Waals surface area contributed by atoms with Gasteiger partial charge in [-0.3, -0.25) is 0 Å². The van der Waals surface area contributed by atoms with Gasteiger partial charge in [0.1, 0.15) is 5.82 Å². The summed E-state index contributed by atoms with van der Waals surface area (Å²) in [7, 11) is 0. The molecule has 0 aliphatic carbocycles. The quantitative estimate of drug-likeness (QED) is 0.580. The summed E-state index contributed by atoms with van der Waals surface area (Å²) in [6.45, 7) is 2.09. The van der Waals surface area contributed by atoms with Crippen LogP contribution < -0.4 is 0 Å². The zero-order chi connectivity index (χ0) is 16.9. The van der Waals surface area contributed by atoms with Crippen LogP contribution in [0.15, 0.2) is 66.7 Å². The lowest BCUT2D eigenvalue weighted by atomic mass is 9.98. The maximum absolute atomic E-state index is 14.3. The number of benzene rings is 3. The second-order valence-electron chi connectivity index (χ2n) is 5.83. The highest BCUT2D eigenvalue weighted by atomic mass is 19.1. The van der Waals surface area contributed by atoms with Gasteiger partial charge in [0.15, 0.2) is 0 Å². The molecule has 0 fully saturated rings. The van der Waals surface area contributed by atoms with Crippen LogP contribution in [0.5, 0.6) is 0 Å². The zero-order valence-electron chi connectivity index (χ0n) is 13.6. The number of hydrogen-bond acceptors (Lipinski definition) is 1. The Morgan fingerprint density at radius 1 is 0.875 bits per heavy atom. The first-order chi connectivity index (χ1) is 11.7. The summed E-state index contributed by atoms with van der Waals surface area (Å²) in [6, 6.07) is 22.9. The summed E-state index contributed by atoms with van der Waals surface area (Å²) in [5.41, 5.74) is 5.14. The first-order valence-corrected chi connectivity index (χ1v) is 8.10. The molecule has 0 aliphatic rings. The van der Waals surface area contributed by atoms with Gasteiger partial charge in [-0.1, -0.05) is 61.9 Å². The fraction of sp³-hybridized carbons (Fsp3) is 0.136. The number of halogens is 1. The normalized spacial score (nSPS) is 10.4. The van der Waals surface area contributed by atoms with Gasteiger partial charge < -0.3 is 0 Å². The molecule has 0 saturated carbocycles. The first-order valence-electron chi connectivity index (χ1n) is 8.10. The van der Waals surface area contributed by atoms with Gasteiger partial charge in [-0.05, 0) is 46.9 Å². The highest BCUT2D eigenvalue weighted by Crippen LogP contribution is 2.27. The van der Waals surface area contributed by atoms with Crippen LogP contribution in [0.3, 0.4) is 0 Å². The number of rotatable bonds is 4.